The fourth-order valence-corrected chi connectivity index (χ4v) is 2.29. The van der Waals surface area contributed by atoms with Crippen LogP contribution in [0.25, 0.3) is 0 Å². The Morgan fingerprint density at radius 1 is 1.40 bits per heavy atom. The van der Waals surface area contributed by atoms with E-state index in [0.717, 1.165) is 18.9 Å². The SMILES string of the molecule is CC/C=C/C1=C2CC(C)CN=C2CC1.Cl. The van der Waals surface area contributed by atoms with Gasteiger partial charge in [-0.2, -0.15) is 0 Å². The largest absolute Gasteiger partial charge is 0.289 e. The molecular formula is C13H20ClN. The van der Waals surface area contributed by atoms with Crippen LogP contribution in [0, 0.1) is 5.92 Å². The van der Waals surface area contributed by atoms with E-state index in [4.69, 9.17) is 0 Å². The Balaban J connectivity index is 0.00000112. The molecule has 1 aliphatic heterocycles. The van der Waals surface area contributed by atoms with Crippen molar-refractivity contribution >= 4 is 18.1 Å². The van der Waals surface area contributed by atoms with Gasteiger partial charge in [-0.1, -0.05) is 26.0 Å². The van der Waals surface area contributed by atoms with E-state index in [1.54, 1.807) is 11.1 Å². The minimum atomic E-state index is 0. The van der Waals surface area contributed by atoms with Crippen LogP contribution in [-0.4, -0.2) is 12.3 Å². The molecule has 1 nitrogen and oxygen atoms in total. The van der Waals surface area contributed by atoms with E-state index in [2.05, 4.69) is 31.0 Å². The molecule has 1 heterocycles. The monoisotopic (exact) mass is 225 g/mol. The first-order valence-electron chi connectivity index (χ1n) is 5.73. The number of fused-ring (bicyclic) bond motifs is 1. The molecule has 15 heavy (non-hydrogen) atoms. The third kappa shape index (κ3) is 2.72. The summed E-state index contributed by atoms with van der Waals surface area (Å²) in [7, 11) is 0. The molecule has 2 aliphatic rings. The van der Waals surface area contributed by atoms with Gasteiger partial charge in [0.05, 0.1) is 0 Å². The van der Waals surface area contributed by atoms with Gasteiger partial charge in [-0.25, -0.2) is 0 Å². The van der Waals surface area contributed by atoms with Crippen LogP contribution in [0.4, 0.5) is 0 Å². The molecule has 0 aromatic carbocycles. The lowest BCUT2D eigenvalue weighted by molar-refractivity contribution is 0.584. The Morgan fingerprint density at radius 2 is 2.20 bits per heavy atom. The average molecular weight is 226 g/mol. The maximum absolute atomic E-state index is 4.66. The van der Waals surface area contributed by atoms with Gasteiger partial charge in [0, 0.05) is 12.3 Å². The minimum Gasteiger partial charge on any atom is -0.289 e. The van der Waals surface area contributed by atoms with Crippen LogP contribution in [0.5, 0.6) is 0 Å². The summed E-state index contributed by atoms with van der Waals surface area (Å²) in [5, 5.41) is 0. The van der Waals surface area contributed by atoms with Crippen molar-refractivity contribution in [3.63, 3.8) is 0 Å². The third-order valence-electron chi connectivity index (χ3n) is 3.07. The van der Waals surface area contributed by atoms with Gasteiger partial charge in [0.15, 0.2) is 0 Å². The van der Waals surface area contributed by atoms with Crippen molar-refractivity contribution in [3.05, 3.63) is 23.3 Å². The second-order valence-electron chi connectivity index (χ2n) is 4.41. The lowest BCUT2D eigenvalue weighted by Gasteiger charge is -2.17. The average Bonchev–Trinajstić information content (AvgIpc) is 2.57. The fraction of sp³-hybridized carbons (Fsp3) is 0.615. The van der Waals surface area contributed by atoms with Gasteiger partial charge in [0.1, 0.15) is 0 Å². The quantitative estimate of drug-likeness (QED) is 0.675. The summed E-state index contributed by atoms with van der Waals surface area (Å²) < 4.78 is 0. The molecule has 0 radical (unpaired) electrons. The van der Waals surface area contributed by atoms with Crippen LogP contribution in [0.15, 0.2) is 28.3 Å². The highest BCUT2D eigenvalue weighted by Crippen LogP contribution is 2.32. The molecule has 84 valence electrons. The topological polar surface area (TPSA) is 12.4 Å². The molecule has 0 amide bonds. The van der Waals surface area contributed by atoms with Gasteiger partial charge in [-0.05, 0) is 42.7 Å². The number of hydrogen-bond donors (Lipinski definition) is 0. The zero-order valence-electron chi connectivity index (χ0n) is 9.62. The smallest absolute Gasteiger partial charge is 0.0421 e. The van der Waals surface area contributed by atoms with Gasteiger partial charge in [0.25, 0.3) is 0 Å². The summed E-state index contributed by atoms with van der Waals surface area (Å²) in [6.45, 7) is 5.53. The van der Waals surface area contributed by atoms with Crippen molar-refractivity contribution in [2.24, 2.45) is 10.9 Å². The maximum Gasteiger partial charge on any atom is 0.0421 e. The van der Waals surface area contributed by atoms with Gasteiger partial charge >= 0.3 is 0 Å². The highest BCUT2D eigenvalue weighted by Gasteiger charge is 2.24. The van der Waals surface area contributed by atoms with E-state index in [1.165, 1.54) is 25.0 Å². The number of hydrogen-bond acceptors (Lipinski definition) is 1. The summed E-state index contributed by atoms with van der Waals surface area (Å²) in [5.41, 5.74) is 4.52. The predicted octanol–water partition coefficient (Wildman–Crippen LogP) is 3.95. The molecular weight excluding hydrogens is 206 g/mol. The Bertz CT molecular complexity index is 312. The Kier molecular flexibility index (Phi) is 4.59. The second kappa shape index (κ2) is 5.50. The van der Waals surface area contributed by atoms with Gasteiger partial charge in [0.2, 0.25) is 0 Å². The first kappa shape index (κ1) is 12.5. The van der Waals surface area contributed by atoms with Crippen molar-refractivity contribution in [2.75, 3.05) is 6.54 Å². The number of nitrogens with zero attached hydrogens (tertiary/aromatic N) is 1. The zero-order chi connectivity index (χ0) is 9.97. The highest BCUT2D eigenvalue weighted by molar-refractivity contribution is 6.04. The fourth-order valence-electron chi connectivity index (χ4n) is 2.29. The zero-order valence-corrected chi connectivity index (χ0v) is 10.4. The van der Waals surface area contributed by atoms with Gasteiger partial charge in [-0.15, -0.1) is 12.4 Å². The van der Waals surface area contributed by atoms with Gasteiger partial charge < -0.3 is 0 Å². The molecule has 1 aliphatic carbocycles. The minimum absolute atomic E-state index is 0. The van der Waals surface area contributed by atoms with Crippen molar-refractivity contribution in [1.29, 1.82) is 0 Å². The van der Waals surface area contributed by atoms with E-state index >= 15 is 0 Å². The van der Waals surface area contributed by atoms with Crippen molar-refractivity contribution in [1.82, 2.24) is 0 Å². The molecule has 0 bridgehead atoms. The highest BCUT2D eigenvalue weighted by atomic mass is 35.5. The molecule has 0 aromatic rings. The van der Waals surface area contributed by atoms with Crippen LogP contribution >= 0.6 is 12.4 Å². The maximum atomic E-state index is 4.66. The van der Waals surface area contributed by atoms with E-state index in [0.29, 0.717) is 0 Å². The number of aliphatic imine (C=N–C) groups is 1. The molecule has 0 N–H and O–H groups in total. The molecule has 2 heteroatoms. The third-order valence-corrected chi connectivity index (χ3v) is 3.07. The molecule has 0 saturated carbocycles. The van der Waals surface area contributed by atoms with Crippen LogP contribution < -0.4 is 0 Å². The Labute approximate surface area is 98.8 Å². The van der Waals surface area contributed by atoms with E-state index in [9.17, 15) is 0 Å². The number of allylic oxidation sites excluding steroid dienone is 4. The van der Waals surface area contributed by atoms with Crippen molar-refractivity contribution < 1.29 is 0 Å². The molecule has 0 aromatic heterocycles. The Morgan fingerprint density at radius 3 is 2.93 bits per heavy atom. The molecule has 2 rings (SSSR count). The van der Waals surface area contributed by atoms with Crippen LogP contribution in [0.1, 0.15) is 39.5 Å². The van der Waals surface area contributed by atoms with E-state index in [1.807, 2.05) is 0 Å². The second-order valence-corrected chi connectivity index (χ2v) is 4.41. The Hall–Kier alpha value is -0.560. The summed E-state index contributed by atoms with van der Waals surface area (Å²) >= 11 is 0. The number of rotatable bonds is 2. The summed E-state index contributed by atoms with van der Waals surface area (Å²) in [6, 6.07) is 0. The van der Waals surface area contributed by atoms with Crippen molar-refractivity contribution in [3.8, 4) is 0 Å². The molecule has 0 fully saturated rings. The van der Waals surface area contributed by atoms with Crippen molar-refractivity contribution in [2.45, 2.75) is 39.5 Å². The molecule has 0 saturated heterocycles. The van der Waals surface area contributed by atoms with E-state index in [-0.39, 0.29) is 12.4 Å². The standard InChI is InChI=1S/C13H19N.ClH/c1-3-4-5-11-6-7-13-12(11)8-10(2)9-14-13;/h4-5,10H,3,6-9H2,1-2H3;1H/b5-4+;. The van der Waals surface area contributed by atoms with Gasteiger partial charge in [-0.3, -0.25) is 4.99 Å². The lowest BCUT2D eigenvalue weighted by atomic mass is 9.94. The first-order valence-corrected chi connectivity index (χ1v) is 5.73. The van der Waals surface area contributed by atoms with Crippen LogP contribution in [-0.2, 0) is 0 Å². The lowest BCUT2D eigenvalue weighted by Crippen LogP contribution is -2.13. The molecule has 1 atom stereocenters. The summed E-state index contributed by atoms with van der Waals surface area (Å²) in [6.07, 6.45) is 9.38. The molecule has 0 spiro atoms. The number of halogens is 1. The molecule has 1 unspecified atom stereocenters. The van der Waals surface area contributed by atoms with E-state index < -0.39 is 0 Å². The predicted molar refractivity (Wildman–Crippen MR) is 69.0 cm³/mol. The first-order chi connectivity index (χ1) is 6.81. The summed E-state index contributed by atoms with van der Waals surface area (Å²) in [5.74, 6) is 0.747. The van der Waals surface area contributed by atoms with Crippen LogP contribution in [0.3, 0.4) is 0 Å². The summed E-state index contributed by atoms with van der Waals surface area (Å²) in [4.78, 5) is 4.66. The normalized spacial score (nSPS) is 25.2. The van der Waals surface area contributed by atoms with Crippen LogP contribution in [0.2, 0.25) is 0 Å².